The van der Waals surface area contributed by atoms with Gasteiger partial charge in [-0.1, -0.05) is 22.9 Å². The Morgan fingerprint density at radius 2 is 2.27 bits per heavy atom. The van der Waals surface area contributed by atoms with E-state index in [0.29, 0.717) is 15.9 Å². The highest BCUT2D eigenvalue weighted by Gasteiger charge is 2.06. The zero-order chi connectivity index (χ0) is 10.8. The van der Waals surface area contributed by atoms with Gasteiger partial charge in [0.25, 0.3) is 5.19 Å². The number of rotatable bonds is 2. The number of benzene rings is 1. The Labute approximate surface area is 94.3 Å². The van der Waals surface area contributed by atoms with Crippen LogP contribution in [-0.2, 0) is 0 Å². The minimum Gasteiger partial charge on any atom is -0.429 e. The van der Waals surface area contributed by atoms with E-state index in [4.69, 9.17) is 22.1 Å². The third kappa shape index (κ3) is 2.37. The van der Waals surface area contributed by atoms with Gasteiger partial charge in [0, 0.05) is 0 Å². The molecular formula is C9H6ClFN2OS. The first kappa shape index (κ1) is 10.2. The Morgan fingerprint density at radius 1 is 1.47 bits per heavy atom. The van der Waals surface area contributed by atoms with Crippen molar-refractivity contribution in [2.45, 2.75) is 0 Å². The topological polar surface area (TPSA) is 48.1 Å². The van der Waals surface area contributed by atoms with E-state index in [9.17, 15) is 4.39 Å². The second-order valence-corrected chi connectivity index (χ2v) is 4.14. The van der Waals surface area contributed by atoms with E-state index in [2.05, 4.69) is 4.98 Å². The fraction of sp³-hybridized carbons (Fsp3) is 0. The first-order chi connectivity index (χ1) is 7.15. The van der Waals surface area contributed by atoms with Gasteiger partial charge >= 0.3 is 0 Å². The molecule has 0 aliphatic heterocycles. The summed E-state index contributed by atoms with van der Waals surface area (Å²) in [6.07, 6.45) is 1.48. The standard InChI is InChI=1S/C9H6ClFN2OS/c10-6-3-5(11)1-2-7(6)14-9-13-4-8(12)15-9/h1-4H,12H2. The van der Waals surface area contributed by atoms with E-state index >= 15 is 0 Å². The first-order valence-corrected chi connectivity index (χ1v) is 5.19. The van der Waals surface area contributed by atoms with Gasteiger partial charge in [-0.2, -0.15) is 0 Å². The average molecular weight is 245 g/mol. The second kappa shape index (κ2) is 4.04. The molecule has 0 saturated heterocycles. The summed E-state index contributed by atoms with van der Waals surface area (Å²) in [4.78, 5) is 3.89. The SMILES string of the molecule is Nc1cnc(Oc2ccc(F)cc2Cl)s1. The highest BCUT2D eigenvalue weighted by Crippen LogP contribution is 2.32. The van der Waals surface area contributed by atoms with Crippen LogP contribution in [0.15, 0.2) is 24.4 Å². The van der Waals surface area contributed by atoms with Crippen LogP contribution < -0.4 is 10.5 Å². The minimum atomic E-state index is -0.411. The number of nitrogens with two attached hydrogens (primary N) is 1. The Bertz CT molecular complexity index is 489. The molecule has 0 unspecified atom stereocenters. The highest BCUT2D eigenvalue weighted by molar-refractivity contribution is 7.17. The van der Waals surface area contributed by atoms with E-state index < -0.39 is 5.82 Å². The zero-order valence-corrected chi connectivity index (χ0v) is 8.98. The molecule has 78 valence electrons. The van der Waals surface area contributed by atoms with E-state index in [1.807, 2.05) is 0 Å². The molecule has 0 spiro atoms. The molecule has 2 aromatic rings. The fourth-order valence-electron chi connectivity index (χ4n) is 0.969. The lowest BCUT2D eigenvalue weighted by atomic mass is 10.3. The molecule has 0 fully saturated rings. The molecule has 0 amide bonds. The number of hydrogen-bond donors (Lipinski definition) is 1. The predicted octanol–water partition coefficient (Wildman–Crippen LogP) is 3.31. The van der Waals surface area contributed by atoms with Crippen molar-refractivity contribution in [1.29, 1.82) is 0 Å². The van der Waals surface area contributed by atoms with Crippen LogP contribution in [0.5, 0.6) is 10.9 Å². The number of ether oxygens (including phenoxy) is 1. The number of halogens is 2. The van der Waals surface area contributed by atoms with Crippen LogP contribution in [-0.4, -0.2) is 4.98 Å². The zero-order valence-electron chi connectivity index (χ0n) is 7.41. The smallest absolute Gasteiger partial charge is 0.280 e. The first-order valence-electron chi connectivity index (χ1n) is 3.99. The van der Waals surface area contributed by atoms with Crippen molar-refractivity contribution < 1.29 is 9.13 Å². The maximum absolute atomic E-state index is 12.7. The molecule has 0 saturated carbocycles. The minimum absolute atomic E-state index is 0.198. The van der Waals surface area contributed by atoms with Crippen molar-refractivity contribution in [3.63, 3.8) is 0 Å². The van der Waals surface area contributed by atoms with Crippen molar-refractivity contribution in [3.05, 3.63) is 35.2 Å². The fourth-order valence-corrected chi connectivity index (χ4v) is 1.72. The third-order valence-corrected chi connectivity index (χ3v) is 2.59. The number of nitrogens with zero attached hydrogens (tertiary/aromatic N) is 1. The van der Waals surface area contributed by atoms with Gasteiger partial charge in [-0.3, -0.25) is 0 Å². The number of hydrogen-bond acceptors (Lipinski definition) is 4. The van der Waals surface area contributed by atoms with Gasteiger partial charge in [-0.25, -0.2) is 9.37 Å². The molecule has 6 heteroatoms. The molecular weight excluding hydrogens is 239 g/mol. The van der Waals surface area contributed by atoms with Crippen molar-refractivity contribution in [2.24, 2.45) is 0 Å². The quantitative estimate of drug-likeness (QED) is 0.882. The van der Waals surface area contributed by atoms with Crippen LogP contribution in [0.25, 0.3) is 0 Å². The number of anilines is 1. The van der Waals surface area contributed by atoms with Crippen LogP contribution in [0.4, 0.5) is 9.39 Å². The van der Waals surface area contributed by atoms with Gasteiger partial charge in [0.15, 0.2) is 0 Å². The lowest BCUT2D eigenvalue weighted by molar-refractivity contribution is 0.477. The molecule has 1 heterocycles. The van der Waals surface area contributed by atoms with E-state index in [-0.39, 0.29) is 5.02 Å². The molecule has 3 nitrogen and oxygen atoms in total. The Kier molecular flexibility index (Phi) is 2.75. The molecule has 0 atom stereocenters. The largest absolute Gasteiger partial charge is 0.429 e. The number of thiazole rings is 1. The summed E-state index contributed by atoms with van der Waals surface area (Å²) in [7, 11) is 0. The van der Waals surface area contributed by atoms with E-state index in [1.165, 1.54) is 35.7 Å². The van der Waals surface area contributed by atoms with E-state index in [0.717, 1.165) is 0 Å². The molecule has 15 heavy (non-hydrogen) atoms. The molecule has 2 rings (SSSR count). The van der Waals surface area contributed by atoms with Crippen LogP contribution in [0, 0.1) is 5.82 Å². The van der Waals surface area contributed by atoms with Crippen molar-refractivity contribution in [2.75, 3.05) is 5.73 Å². The van der Waals surface area contributed by atoms with Gasteiger partial charge in [-0.05, 0) is 18.2 Å². The second-order valence-electron chi connectivity index (χ2n) is 2.71. The molecule has 1 aromatic carbocycles. The molecule has 0 aliphatic rings. The maximum Gasteiger partial charge on any atom is 0.280 e. The summed E-state index contributed by atoms with van der Waals surface area (Å²) >= 11 is 6.95. The summed E-state index contributed by atoms with van der Waals surface area (Å²) in [5, 5.41) is 1.12. The molecule has 2 N–H and O–H groups in total. The summed E-state index contributed by atoms with van der Waals surface area (Å²) in [5.74, 6) is -0.0570. The Morgan fingerprint density at radius 3 is 2.87 bits per heavy atom. The number of nitrogen functional groups attached to an aromatic ring is 1. The normalized spacial score (nSPS) is 10.3. The molecule has 0 radical (unpaired) electrons. The Balaban J connectivity index is 2.24. The van der Waals surface area contributed by atoms with Gasteiger partial charge in [0.2, 0.25) is 0 Å². The maximum atomic E-state index is 12.7. The summed E-state index contributed by atoms with van der Waals surface area (Å²) < 4.78 is 18.0. The van der Waals surface area contributed by atoms with Crippen LogP contribution in [0.3, 0.4) is 0 Å². The van der Waals surface area contributed by atoms with Crippen molar-refractivity contribution >= 4 is 27.9 Å². The van der Waals surface area contributed by atoms with Gasteiger partial charge < -0.3 is 10.5 Å². The van der Waals surface area contributed by atoms with Crippen molar-refractivity contribution in [3.8, 4) is 10.9 Å². The van der Waals surface area contributed by atoms with Crippen LogP contribution in [0.2, 0.25) is 5.02 Å². The van der Waals surface area contributed by atoms with Gasteiger partial charge in [0.05, 0.1) is 11.2 Å². The predicted molar refractivity (Wildman–Crippen MR) is 58.0 cm³/mol. The third-order valence-electron chi connectivity index (χ3n) is 1.59. The summed E-state index contributed by atoms with van der Waals surface area (Å²) in [5.41, 5.74) is 5.48. The number of aromatic nitrogens is 1. The van der Waals surface area contributed by atoms with Crippen molar-refractivity contribution in [1.82, 2.24) is 4.98 Å². The summed E-state index contributed by atoms with van der Waals surface area (Å²) in [6, 6.07) is 3.88. The molecule has 1 aromatic heterocycles. The average Bonchev–Trinajstić information content (AvgIpc) is 2.56. The van der Waals surface area contributed by atoms with E-state index in [1.54, 1.807) is 0 Å². The monoisotopic (exact) mass is 244 g/mol. The molecule has 0 bridgehead atoms. The summed E-state index contributed by atoms with van der Waals surface area (Å²) in [6.45, 7) is 0. The van der Waals surface area contributed by atoms with Crippen LogP contribution >= 0.6 is 22.9 Å². The lowest BCUT2D eigenvalue weighted by Crippen LogP contribution is -1.84. The van der Waals surface area contributed by atoms with Gasteiger partial charge in [-0.15, -0.1) is 0 Å². The van der Waals surface area contributed by atoms with Gasteiger partial charge in [0.1, 0.15) is 16.6 Å². The highest BCUT2D eigenvalue weighted by atomic mass is 35.5. The Hall–Kier alpha value is -1.33. The lowest BCUT2D eigenvalue weighted by Gasteiger charge is -2.03. The molecule has 0 aliphatic carbocycles. The van der Waals surface area contributed by atoms with Crippen LogP contribution in [0.1, 0.15) is 0 Å².